The number of hydrogen-bond acceptors (Lipinski definition) is 5. The van der Waals surface area contributed by atoms with Crippen molar-refractivity contribution in [1.82, 2.24) is 9.80 Å². The van der Waals surface area contributed by atoms with Gasteiger partial charge in [0.25, 0.3) is 0 Å². The van der Waals surface area contributed by atoms with Crippen LogP contribution < -0.4 is 10.5 Å². The smallest absolute Gasteiger partial charge is 0.119 e. The fourth-order valence-corrected chi connectivity index (χ4v) is 2.77. The van der Waals surface area contributed by atoms with E-state index >= 15 is 0 Å². The lowest BCUT2D eigenvalue weighted by atomic mass is 10.2. The third-order valence-corrected chi connectivity index (χ3v) is 3.95. The van der Waals surface area contributed by atoms with E-state index in [1.54, 1.807) is 12.1 Å². The van der Waals surface area contributed by atoms with Crippen LogP contribution in [0.5, 0.6) is 5.75 Å². The van der Waals surface area contributed by atoms with Gasteiger partial charge in [-0.05, 0) is 57.7 Å². The second-order valence-electron chi connectivity index (χ2n) is 5.99. The molecule has 0 amide bonds. The molecule has 2 rings (SSSR count). The number of nitrogens with two attached hydrogens (primary N) is 1. The van der Waals surface area contributed by atoms with Crippen molar-refractivity contribution in [2.24, 2.45) is 0 Å². The van der Waals surface area contributed by atoms with Gasteiger partial charge in [0.15, 0.2) is 0 Å². The average molecular weight is 293 g/mol. The summed E-state index contributed by atoms with van der Waals surface area (Å²) in [6.07, 6.45) is 0.667. The summed E-state index contributed by atoms with van der Waals surface area (Å²) in [5.74, 6) is 0.742. The lowest BCUT2D eigenvalue weighted by Crippen LogP contribution is -2.43. The minimum absolute atomic E-state index is 0.309. The Labute approximate surface area is 127 Å². The Hall–Kier alpha value is -1.30. The highest BCUT2D eigenvalue weighted by atomic mass is 16.5. The van der Waals surface area contributed by atoms with Gasteiger partial charge >= 0.3 is 0 Å². The van der Waals surface area contributed by atoms with Gasteiger partial charge in [-0.3, -0.25) is 4.90 Å². The third kappa shape index (κ3) is 5.19. The molecule has 0 aromatic heterocycles. The van der Waals surface area contributed by atoms with Gasteiger partial charge in [-0.2, -0.15) is 0 Å². The number of β-amino-alcohol motifs (C(OH)–C–C–N with tert-alkyl or cyclic N) is 1. The van der Waals surface area contributed by atoms with Crippen LogP contribution in [0.2, 0.25) is 0 Å². The number of hydrogen-bond donors (Lipinski definition) is 2. The lowest BCUT2D eigenvalue weighted by molar-refractivity contribution is 0.0557. The quantitative estimate of drug-likeness (QED) is 0.794. The molecule has 1 aromatic carbocycles. The summed E-state index contributed by atoms with van der Waals surface area (Å²) in [6.45, 7) is 6.39. The number of ether oxygens (including phenoxy) is 1. The zero-order chi connectivity index (χ0) is 15.2. The van der Waals surface area contributed by atoms with Crippen LogP contribution in [0.4, 0.5) is 5.69 Å². The van der Waals surface area contributed by atoms with E-state index in [1.807, 2.05) is 12.1 Å². The topological polar surface area (TPSA) is 62.0 Å². The average Bonchev–Trinajstić information content (AvgIpc) is 2.60. The second-order valence-corrected chi connectivity index (χ2v) is 5.99. The molecule has 1 aliphatic heterocycles. The summed E-state index contributed by atoms with van der Waals surface area (Å²) < 4.78 is 5.61. The van der Waals surface area contributed by atoms with Gasteiger partial charge in [0.2, 0.25) is 0 Å². The van der Waals surface area contributed by atoms with Crippen molar-refractivity contribution in [2.45, 2.75) is 25.5 Å². The van der Waals surface area contributed by atoms with E-state index < -0.39 is 6.10 Å². The second kappa shape index (κ2) is 7.64. The van der Waals surface area contributed by atoms with Crippen molar-refractivity contribution < 1.29 is 9.84 Å². The first-order valence-corrected chi connectivity index (χ1v) is 7.63. The number of benzene rings is 1. The van der Waals surface area contributed by atoms with Crippen LogP contribution in [0, 0.1) is 0 Å². The van der Waals surface area contributed by atoms with E-state index in [1.165, 1.54) is 0 Å². The molecule has 0 aliphatic carbocycles. The van der Waals surface area contributed by atoms with Crippen LogP contribution in [0.25, 0.3) is 0 Å². The maximum atomic E-state index is 10.2. The van der Waals surface area contributed by atoms with Crippen LogP contribution in [0.15, 0.2) is 24.3 Å². The highest BCUT2D eigenvalue weighted by Gasteiger charge is 2.21. The zero-order valence-electron chi connectivity index (χ0n) is 13.0. The summed E-state index contributed by atoms with van der Waals surface area (Å²) in [5.41, 5.74) is 6.35. The van der Waals surface area contributed by atoms with Gasteiger partial charge in [0.05, 0.1) is 0 Å². The molecule has 1 aromatic rings. The number of rotatable bonds is 5. The van der Waals surface area contributed by atoms with Crippen LogP contribution >= 0.6 is 0 Å². The first-order valence-electron chi connectivity index (χ1n) is 7.63. The van der Waals surface area contributed by atoms with Crippen molar-refractivity contribution in [3.8, 4) is 5.75 Å². The summed E-state index contributed by atoms with van der Waals surface area (Å²) in [4.78, 5) is 4.70. The summed E-state index contributed by atoms with van der Waals surface area (Å²) in [7, 11) is 2.15. The molecule has 1 saturated heterocycles. The van der Waals surface area contributed by atoms with E-state index in [-0.39, 0.29) is 0 Å². The summed E-state index contributed by atoms with van der Waals surface area (Å²) in [6, 6.07) is 7.71. The molecular weight excluding hydrogens is 266 g/mol. The SMILES string of the molecule is CC1CN(C)CCCN1CC(O)COc1ccc(N)cc1. The molecule has 2 atom stereocenters. The standard InChI is InChI=1S/C16H27N3O2/c1-13-10-18(2)8-3-9-19(13)11-15(20)12-21-16-6-4-14(17)5-7-16/h4-7,13,15,20H,3,8-12,17H2,1-2H3. The number of nitrogen functional groups attached to an aromatic ring is 1. The molecule has 1 aliphatic rings. The maximum absolute atomic E-state index is 10.2. The molecule has 21 heavy (non-hydrogen) atoms. The monoisotopic (exact) mass is 293 g/mol. The van der Waals surface area contributed by atoms with E-state index in [9.17, 15) is 5.11 Å². The molecule has 0 saturated carbocycles. The van der Waals surface area contributed by atoms with E-state index in [2.05, 4.69) is 23.8 Å². The van der Waals surface area contributed by atoms with Gasteiger partial charge < -0.3 is 20.5 Å². The molecule has 3 N–H and O–H groups in total. The first-order chi connectivity index (χ1) is 10.0. The Bertz CT molecular complexity index is 424. The van der Waals surface area contributed by atoms with Gasteiger partial charge in [0, 0.05) is 24.8 Å². The van der Waals surface area contributed by atoms with E-state index in [0.29, 0.717) is 24.9 Å². The molecule has 1 heterocycles. The number of likely N-dealkylation sites (N-methyl/N-ethyl adjacent to an activating group) is 1. The van der Waals surface area contributed by atoms with Crippen LogP contribution in [-0.4, -0.2) is 66.9 Å². The van der Waals surface area contributed by atoms with Gasteiger partial charge in [0.1, 0.15) is 18.5 Å². The Balaban J connectivity index is 1.78. The molecule has 2 unspecified atom stereocenters. The van der Waals surface area contributed by atoms with E-state index in [0.717, 1.165) is 31.8 Å². The van der Waals surface area contributed by atoms with Crippen LogP contribution in [0.1, 0.15) is 13.3 Å². The zero-order valence-corrected chi connectivity index (χ0v) is 13.0. The largest absolute Gasteiger partial charge is 0.491 e. The first kappa shape index (κ1) is 16.1. The van der Waals surface area contributed by atoms with Crippen molar-refractivity contribution in [1.29, 1.82) is 0 Å². The predicted octanol–water partition coefficient (Wildman–Crippen LogP) is 1.03. The molecule has 5 heteroatoms. The van der Waals surface area contributed by atoms with Crippen LogP contribution in [0.3, 0.4) is 0 Å². The fraction of sp³-hybridized carbons (Fsp3) is 0.625. The highest BCUT2D eigenvalue weighted by molar-refractivity contribution is 5.41. The number of aliphatic hydroxyl groups excluding tert-OH is 1. The Morgan fingerprint density at radius 2 is 2.05 bits per heavy atom. The Morgan fingerprint density at radius 3 is 2.76 bits per heavy atom. The minimum Gasteiger partial charge on any atom is -0.491 e. The van der Waals surface area contributed by atoms with Gasteiger partial charge in [-0.1, -0.05) is 0 Å². The van der Waals surface area contributed by atoms with Crippen molar-refractivity contribution >= 4 is 5.69 Å². The lowest BCUT2D eigenvalue weighted by Gasteiger charge is -2.29. The molecule has 0 spiro atoms. The molecular formula is C16H27N3O2. The highest BCUT2D eigenvalue weighted by Crippen LogP contribution is 2.14. The Morgan fingerprint density at radius 1 is 1.33 bits per heavy atom. The van der Waals surface area contributed by atoms with Gasteiger partial charge in [-0.15, -0.1) is 0 Å². The summed E-state index contributed by atoms with van der Waals surface area (Å²) in [5, 5.41) is 10.2. The van der Waals surface area contributed by atoms with Crippen molar-refractivity contribution in [3.05, 3.63) is 24.3 Å². The van der Waals surface area contributed by atoms with E-state index in [4.69, 9.17) is 10.5 Å². The predicted molar refractivity (Wildman–Crippen MR) is 85.5 cm³/mol. The maximum Gasteiger partial charge on any atom is 0.119 e. The van der Waals surface area contributed by atoms with Gasteiger partial charge in [-0.25, -0.2) is 0 Å². The summed E-state index contributed by atoms with van der Waals surface area (Å²) >= 11 is 0. The molecule has 118 valence electrons. The van der Waals surface area contributed by atoms with Crippen molar-refractivity contribution in [2.75, 3.05) is 45.6 Å². The molecule has 0 radical (unpaired) electrons. The molecule has 5 nitrogen and oxygen atoms in total. The number of nitrogens with zero attached hydrogens (tertiary/aromatic N) is 2. The molecule has 1 fully saturated rings. The minimum atomic E-state index is -0.478. The number of anilines is 1. The third-order valence-electron chi connectivity index (χ3n) is 3.95. The Kier molecular flexibility index (Phi) is 5.85. The normalized spacial score (nSPS) is 22.7. The molecule has 0 bridgehead atoms. The fourth-order valence-electron chi connectivity index (χ4n) is 2.77. The van der Waals surface area contributed by atoms with Crippen molar-refractivity contribution in [3.63, 3.8) is 0 Å². The number of aliphatic hydroxyl groups is 1. The van der Waals surface area contributed by atoms with Crippen LogP contribution in [-0.2, 0) is 0 Å².